The molecular formula is C22H19N3O5. The van der Waals surface area contributed by atoms with Gasteiger partial charge in [-0.2, -0.15) is 0 Å². The molecule has 152 valence electrons. The Hall–Kier alpha value is -4.07. The van der Waals surface area contributed by atoms with E-state index in [4.69, 9.17) is 4.42 Å². The molecule has 2 aromatic heterocycles. The molecule has 4 amide bonds. The number of urea groups is 1. The molecule has 2 N–H and O–H groups in total. The van der Waals surface area contributed by atoms with Crippen molar-refractivity contribution in [2.24, 2.45) is 0 Å². The summed E-state index contributed by atoms with van der Waals surface area (Å²) in [6, 6.07) is 11.1. The lowest BCUT2D eigenvalue weighted by Crippen LogP contribution is -2.53. The summed E-state index contributed by atoms with van der Waals surface area (Å²) >= 11 is 0. The van der Waals surface area contributed by atoms with Gasteiger partial charge < -0.3 is 14.1 Å². The van der Waals surface area contributed by atoms with Crippen LogP contribution in [0.3, 0.4) is 0 Å². The summed E-state index contributed by atoms with van der Waals surface area (Å²) in [5.41, 5.74) is 3.07. The zero-order chi connectivity index (χ0) is 21.4. The molecule has 0 bridgehead atoms. The number of amides is 4. The van der Waals surface area contributed by atoms with Crippen molar-refractivity contribution >= 4 is 23.9 Å². The number of barbiturate groups is 1. The van der Waals surface area contributed by atoms with Gasteiger partial charge in [0.25, 0.3) is 11.8 Å². The van der Waals surface area contributed by atoms with Crippen LogP contribution in [0.25, 0.3) is 11.8 Å². The molecule has 0 aliphatic carbocycles. The highest BCUT2D eigenvalue weighted by atomic mass is 16.3. The quantitative estimate of drug-likeness (QED) is 0.513. The van der Waals surface area contributed by atoms with Gasteiger partial charge in [-0.15, -0.1) is 0 Å². The van der Waals surface area contributed by atoms with E-state index in [1.807, 2.05) is 24.5 Å². The average molecular weight is 405 g/mol. The van der Waals surface area contributed by atoms with Crippen LogP contribution in [-0.4, -0.2) is 32.4 Å². The number of nitrogens with one attached hydrogen (secondary N) is 1. The Morgan fingerprint density at radius 2 is 1.83 bits per heavy atom. The number of phenols is 1. The molecule has 1 aliphatic rings. The van der Waals surface area contributed by atoms with Crippen LogP contribution in [0.2, 0.25) is 0 Å². The number of carbonyl (C=O) groups is 3. The van der Waals surface area contributed by atoms with Crippen molar-refractivity contribution in [1.29, 1.82) is 0 Å². The maximum Gasteiger partial charge on any atom is 0.331 e. The van der Waals surface area contributed by atoms with Crippen LogP contribution < -0.4 is 5.32 Å². The Bertz CT molecular complexity index is 1170. The third kappa shape index (κ3) is 3.39. The lowest BCUT2D eigenvalue weighted by atomic mass is 10.1. The van der Waals surface area contributed by atoms with Gasteiger partial charge in [0.05, 0.1) is 12.8 Å². The minimum absolute atomic E-state index is 0.0746. The minimum atomic E-state index is -0.784. The van der Waals surface area contributed by atoms with Crippen LogP contribution in [-0.2, 0) is 16.1 Å². The van der Waals surface area contributed by atoms with Crippen LogP contribution in [0.1, 0.15) is 22.7 Å². The van der Waals surface area contributed by atoms with E-state index in [0.29, 0.717) is 11.3 Å². The van der Waals surface area contributed by atoms with E-state index in [1.165, 1.54) is 12.3 Å². The fourth-order valence-corrected chi connectivity index (χ4v) is 3.48. The largest absolute Gasteiger partial charge is 0.508 e. The van der Waals surface area contributed by atoms with E-state index in [2.05, 4.69) is 5.32 Å². The number of benzene rings is 1. The van der Waals surface area contributed by atoms with E-state index in [0.717, 1.165) is 22.0 Å². The van der Waals surface area contributed by atoms with E-state index >= 15 is 0 Å². The number of hydrogen-bond acceptors (Lipinski definition) is 5. The third-order valence-corrected chi connectivity index (χ3v) is 4.96. The molecule has 1 aliphatic heterocycles. The number of aromatic nitrogens is 1. The fourth-order valence-electron chi connectivity index (χ4n) is 3.48. The molecule has 1 fully saturated rings. The van der Waals surface area contributed by atoms with Crippen LogP contribution in [0.5, 0.6) is 5.75 Å². The smallest absolute Gasteiger partial charge is 0.331 e. The Morgan fingerprint density at radius 1 is 1.10 bits per heavy atom. The molecule has 0 unspecified atom stereocenters. The first-order valence-corrected chi connectivity index (χ1v) is 9.25. The van der Waals surface area contributed by atoms with Crippen LogP contribution in [0, 0.1) is 13.8 Å². The van der Waals surface area contributed by atoms with Gasteiger partial charge >= 0.3 is 6.03 Å². The topological polar surface area (TPSA) is 105 Å². The lowest BCUT2D eigenvalue weighted by molar-refractivity contribution is -0.130. The minimum Gasteiger partial charge on any atom is -0.508 e. The van der Waals surface area contributed by atoms with Crippen molar-refractivity contribution in [3.8, 4) is 11.4 Å². The average Bonchev–Trinajstić information content (AvgIpc) is 3.31. The second kappa shape index (κ2) is 7.40. The highest BCUT2D eigenvalue weighted by Gasteiger charge is 2.36. The summed E-state index contributed by atoms with van der Waals surface area (Å²) in [4.78, 5) is 38.4. The normalized spacial score (nSPS) is 15.7. The maximum absolute atomic E-state index is 12.9. The molecule has 0 saturated carbocycles. The number of carbonyl (C=O) groups excluding carboxylic acids is 3. The Balaban J connectivity index is 1.70. The van der Waals surface area contributed by atoms with Gasteiger partial charge in [0.2, 0.25) is 0 Å². The molecule has 3 heterocycles. The van der Waals surface area contributed by atoms with Crippen molar-refractivity contribution in [1.82, 2.24) is 14.8 Å². The van der Waals surface area contributed by atoms with Crippen LogP contribution in [0.4, 0.5) is 4.79 Å². The molecule has 3 aromatic rings. The summed E-state index contributed by atoms with van der Waals surface area (Å²) in [5, 5.41) is 11.7. The molecule has 8 heteroatoms. The van der Waals surface area contributed by atoms with Crippen LogP contribution >= 0.6 is 0 Å². The molecule has 0 atom stereocenters. The maximum atomic E-state index is 12.9. The Kier molecular flexibility index (Phi) is 4.75. The predicted molar refractivity (Wildman–Crippen MR) is 108 cm³/mol. The summed E-state index contributed by atoms with van der Waals surface area (Å²) in [5.74, 6) is -0.836. The molecule has 30 heavy (non-hydrogen) atoms. The number of rotatable bonds is 4. The van der Waals surface area contributed by atoms with Gasteiger partial charge in [0.1, 0.15) is 17.1 Å². The number of nitrogens with zero attached hydrogens (tertiary/aromatic N) is 2. The fraction of sp³-hybridized carbons (Fsp3) is 0.136. The lowest BCUT2D eigenvalue weighted by Gasteiger charge is -2.25. The number of aryl methyl sites for hydroxylation is 1. The number of hydrogen-bond donors (Lipinski definition) is 2. The first-order chi connectivity index (χ1) is 14.3. The summed E-state index contributed by atoms with van der Waals surface area (Å²) in [6.07, 6.45) is 2.93. The molecular weight excluding hydrogens is 386 g/mol. The highest BCUT2D eigenvalue weighted by Crippen LogP contribution is 2.25. The summed E-state index contributed by atoms with van der Waals surface area (Å²) in [7, 11) is 0. The molecule has 1 aromatic carbocycles. The molecule has 4 rings (SSSR count). The molecule has 8 nitrogen and oxygen atoms in total. The second-order valence-corrected chi connectivity index (χ2v) is 6.97. The van der Waals surface area contributed by atoms with Gasteiger partial charge in [0, 0.05) is 17.1 Å². The summed E-state index contributed by atoms with van der Waals surface area (Å²) in [6.45, 7) is 3.69. The van der Waals surface area contributed by atoms with Crippen molar-refractivity contribution in [2.75, 3.05) is 0 Å². The van der Waals surface area contributed by atoms with E-state index < -0.39 is 17.8 Å². The number of furan rings is 1. The van der Waals surface area contributed by atoms with Crippen LogP contribution in [0.15, 0.2) is 58.7 Å². The highest BCUT2D eigenvalue weighted by molar-refractivity contribution is 6.31. The van der Waals surface area contributed by atoms with Gasteiger partial charge in [-0.3, -0.25) is 19.8 Å². The Labute approximate surface area is 172 Å². The van der Waals surface area contributed by atoms with E-state index in [1.54, 1.807) is 36.4 Å². The number of imide groups is 2. The molecule has 0 radical (unpaired) electrons. The monoisotopic (exact) mass is 405 g/mol. The molecule has 0 spiro atoms. The summed E-state index contributed by atoms with van der Waals surface area (Å²) < 4.78 is 7.16. The van der Waals surface area contributed by atoms with Crippen molar-refractivity contribution in [3.05, 3.63) is 77.0 Å². The Morgan fingerprint density at radius 3 is 2.50 bits per heavy atom. The van der Waals surface area contributed by atoms with Gasteiger partial charge in [-0.05, 0) is 68.0 Å². The second-order valence-electron chi connectivity index (χ2n) is 6.97. The first-order valence-electron chi connectivity index (χ1n) is 9.25. The van der Waals surface area contributed by atoms with E-state index in [-0.39, 0.29) is 17.9 Å². The van der Waals surface area contributed by atoms with E-state index in [9.17, 15) is 19.5 Å². The zero-order valence-electron chi connectivity index (χ0n) is 16.4. The van der Waals surface area contributed by atoms with Gasteiger partial charge in [-0.25, -0.2) is 4.79 Å². The van der Waals surface area contributed by atoms with Crippen molar-refractivity contribution in [3.63, 3.8) is 0 Å². The number of aromatic hydroxyl groups is 1. The molecule has 1 saturated heterocycles. The first kappa shape index (κ1) is 19.3. The predicted octanol–water partition coefficient (Wildman–Crippen LogP) is 3.05. The SMILES string of the molecule is Cc1cc(/C=C2\C(=O)NC(=O)N(Cc3ccco3)C2=O)c(C)n1-c1ccc(O)cc1. The van der Waals surface area contributed by atoms with Crippen molar-refractivity contribution < 1.29 is 23.9 Å². The zero-order valence-corrected chi connectivity index (χ0v) is 16.4. The number of phenolic OH excluding ortho intramolecular Hbond substituents is 1. The van der Waals surface area contributed by atoms with Crippen molar-refractivity contribution in [2.45, 2.75) is 20.4 Å². The van der Waals surface area contributed by atoms with Gasteiger partial charge in [0.15, 0.2) is 0 Å². The van der Waals surface area contributed by atoms with Gasteiger partial charge in [-0.1, -0.05) is 0 Å². The standard InChI is InChI=1S/C22H19N3O5/c1-13-10-15(14(2)25(13)16-5-7-17(26)8-6-16)11-19-20(27)23-22(29)24(21(19)28)12-18-4-3-9-30-18/h3-11,26H,12H2,1-2H3,(H,23,27,29)/b19-11+. The third-order valence-electron chi connectivity index (χ3n) is 4.96.